The number of rotatable bonds is 0. The Morgan fingerprint density at radius 2 is 1.93 bits per heavy atom. The molecule has 0 saturated carbocycles. The molecule has 2 aromatic heterocycles. The van der Waals surface area contributed by atoms with Crippen LogP contribution in [0, 0.1) is 0 Å². The molecule has 0 radical (unpaired) electrons. The number of oxazole rings is 1. The van der Waals surface area contributed by atoms with Gasteiger partial charge in [-0.05, 0) is 12.1 Å². The maximum absolute atomic E-state index is 5.01. The monoisotopic (exact) mass is 200 g/mol. The molecule has 0 bridgehead atoms. The van der Waals surface area contributed by atoms with Gasteiger partial charge in [0.2, 0.25) is 0 Å². The Morgan fingerprint density at radius 3 is 2.53 bits per heavy atom. The molecule has 0 aliphatic carbocycles. The molecule has 1 aromatic carbocycles. The molecular formula is C10H8N4O. The maximum Gasteiger partial charge on any atom is 0.181 e. The van der Waals surface area contributed by atoms with Crippen LogP contribution >= 0.6 is 0 Å². The zero-order valence-electron chi connectivity index (χ0n) is 7.82. The molecule has 0 N–H and O–H groups in total. The Labute approximate surface area is 85.8 Å². The lowest BCUT2D eigenvalue weighted by Crippen LogP contribution is -1.75. The lowest BCUT2D eigenvalue weighted by molar-refractivity contribution is 0.602. The van der Waals surface area contributed by atoms with Crippen LogP contribution in [-0.4, -0.2) is 20.2 Å². The van der Waals surface area contributed by atoms with E-state index in [1.54, 1.807) is 6.20 Å². The van der Waals surface area contributed by atoms with Crippen molar-refractivity contribution < 1.29 is 4.42 Å². The predicted molar refractivity (Wildman–Crippen MR) is 53.8 cm³/mol. The molecule has 2 heterocycles. The predicted octanol–water partition coefficient (Wildman–Crippen LogP) is 1.70. The van der Waals surface area contributed by atoms with Gasteiger partial charge in [-0.15, -0.1) is 5.10 Å². The van der Waals surface area contributed by atoms with E-state index < -0.39 is 0 Å². The summed E-state index contributed by atoms with van der Waals surface area (Å²) in [6.45, 7) is 0. The molecule has 0 atom stereocenters. The average molecular weight is 200 g/mol. The molecule has 0 amide bonds. The average Bonchev–Trinajstić information content (AvgIpc) is 2.80. The highest BCUT2D eigenvalue weighted by Crippen LogP contribution is 2.09. The highest BCUT2D eigenvalue weighted by Gasteiger charge is 1.91. The maximum atomic E-state index is 5.01. The second kappa shape index (κ2) is 4.80. The number of hydrogen-bond acceptors (Lipinski definition) is 5. The number of para-hydroxylation sites is 2. The van der Waals surface area contributed by atoms with Gasteiger partial charge in [0.25, 0.3) is 0 Å². The van der Waals surface area contributed by atoms with Crippen LogP contribution in [0.5, 0.6) is 0 Å². The van der Waals surface area contributed by atoms with Crippen molar-refractivity contribution in [2.24, 2.45) is 0 Å². The third-order valence-electron chi connectivity index (χ3n) is 1.64. The van der Waals surface area contributed by atoms with Gasteiger partial charge in [-0.2, -0.15) is 5.10 Å². The number of aromatic nitrogens is 4. The second-order valence-electron chi connectivity index (χ2n) is 2.61. The van der Waals surface area contributed by atoms with Gasteiger partial charge < -0.3 is 4.42 Å². The molecule has 74 valence electrons. The minimum atomic E-state index is 0.845. The summed E-state index contributed by atoms with van der Waals surface area (Å²) in [5.74, 6) is 0. The fraction of sp³-hybridized carbons (Fsp3) is 0. The van der Waals surface area contributed by atoms with Crippen LogP contribution in [0.15, 0.2) is 53.8 Å². The van der Waals surface area contributed by atoms with E-state index in [1.807, 2.05) is 24.3 Å². The van der Waals surface area contributed by atoms with Gasteiger partial charge in [-0.25, -0.2) is 9.97 Å². The van der Waals surface area contributed by atoms with Gasteiger partial charge in [-0.1, -0.05) is 12.1 Å². The van der Waals surface area contributed by atoms with Crippen molar-refractivity contribution in [2.45, 2.75) is 0 Å². The normalized spacial score (nSPS) is 9.33. The fourth-order valence-electron chi connectivity index (χ4n) is 1.01. The molecule has 0 fully saturated rings. The molecule has 0 saturated heterocycles. The Morgan fingerprint density at radius 1 is 1.00 bits per heavy atom. The largest absolute Gasteiger partial charge is 0.443 e. The van der Waals surface area contributed by atoms with E-state index in [2.05, 4.69) is 20.2 Å². The molecular weight excluding hydrogens is 192 g/mol. The summed E-state index contributed by atoms with van der Waals surface area (Å²) >= 11 is 0. The molecule has 0 aliphatic rings. The Kier molecular flexibility index (Phi) is 2.97. The van der Waals surface area contributed by atoms with E-state index in [0.717, 1.165) is 11.1 Å². The summed E-state index contributed by atoms with van der Waals surface area (Å²) in [5.41, 5.74) is 1.76. The summed E-state index contributed by atoms with van der Waals surface area (Å²) < 4.78 is 5.01. The van der Waals surface area contributed by atoms with Gasteiger partial charge in [-0.3, -0.25) is 0 Å². The van der Waals surface area contributed by atoms with Gasteiger partial charge in [0.1, 0.15) is 11.8 Å². The minimum Gasteiger partial charge on any atom is -0.443 e. The third-order valence-corrected chi connectivity index (χ3v) is 1.64. The smallest absolute Gasteiger partial charge is 0.181 e. The quantitative estimate of drug-likeness (QED) is 0.552. The SMILES string of the molecule is c1ccc2ocnc2c1.c1cnncn1. The van der Waals surface area contributed by atoms with Crippen molar-refractivity contribution in [1.82, 2.24) is 20.2 Å². The van der Waals surface area contributed by atoms with Crippen LogP contribution in [0.2, 0.25) is 0 Å². The number of benzene rings is 1. The van der Waals surface area contributed by atoms with E-state index in [9.17, 15) is 0 Å². The summed E-state index contributed by atoms with van der Waals surface area (Å²) in [4.78, 5) is 7.56. The number of fused-ring (bicyclic) bond motifs is 1. The summed E-state index contributed by atoms with van der Waals surface area (Å²) in [6, 6.07) is 7.67. The van der Waals surface area contributed by atoms with Crippen molar-refractivity contribution in [3.63, 3.8) is 0 Å². The summed E-state index contributed by atoms with van der Waals surface area (Å²) in [6.07, 6.45) is 5.94. The molecule has 15 heavy (non-hydrogen) atoms. The first-order chi connectivity index (χ1) is 7.47. The third kappa shape index (κ3) is 2.57. The van der Waals surface area contributed by atoms with E-state index in [-0.39, 0.29) is 0 Å². The first kappa shape index (κ1) is 9.26. The van der Waals surface area contributed by atoms with Gasteiger partial charge >= 0.3 is 0 Å². The topological polar surface area (TPSA) is 64.7 Å². The molecule has 0 unspecified atom stereocenters. The van der Waals surface area contributed by atoms with Crippen LogP contribution in [0.4, 0.5) is 0 Å². The second-order valence-corrected chi connectivity index (χ2v) is 2.61. The fourth-order valence-corrected chi connectivity index (χ4v) is 1.01. The van der Waals surface area contributed by atoms with Gasteiger partial charge in [0, 0.05) is 6.20 Å². The zero-order chi connectivity index (χ0) is 10.3. The molecule has 3 rings (SSSR count). The van der Waals surface area contributed by atoms with E-state index in [4.69, 9.17) is 4.42 Å². The van der Waals surface area contributed by atoms with Crippen LogP contribution in [0.25, 0.3) is 11.1 Å². The molecule has 5 nitrogen and oxygen atoms in total. The Bertz CT molecular complexity index is 452. The Hall–Kier alpha value is -2.30. The summed E-state index contributed by atoms with van der Waals surface area (Å²) in [7, 11) is 0. The van der Waals surface area contributed by atoms with Crippen molar-refractivity contribution in [3.8, 4) is 0 Å². The zero-order valence-corrected chi connectivity index (χ0v) is 7.82. The van der Waals surface area contributed by atoms with Crippen LogP contribution in [-0.2, 0) is 0 Å². The first-order valence-electron chi connectivity index (χ1n) is 4.32. The minimum absolute atomic E-state index is 0.845. The van der Waals surface area contributed by atoms with Crippen LogP contribution in [0.1, 0.15) is 0 Å². The van der Waals surface area contributed by atoms with Crippen molar-refractivity contribution >= 4 is 11.1 Å². The molecule has 3 aromatic rings. The van der Waals surface area contributed by atoms with E-state index >= 15 is 0 Å². The van der Waals surface area contributed by atoms with Crippen molar-refractivity contribution in [1.29, 1.82) is 0 Å². The summed E-state index contributed by atoms with van der Waals surface area (Å²) in [5, 5.41) is 6.90. The van der Waals surface area contributed by atoms with Gasteiger partial charge in [0.15, 0.2) is 12.0 Å². The van der Waals surface area contributed by atoms with E-state index in [1.165, 1.54) is 18.9 Å². The standard InChI is InChI=1S/C7H5NO.C3H3N3/c1-2-4-7-6(3-1)8-5-9-7;1-2-5-6-3-4-1/h1-5H;1-3H. The van der Waals surface area contributed by atoms with Crippen molar-refractivity contribution in [3.05, 3.63) is 49.4 Å². The lowest BCUT2D eigenvalue weighted by Gasteiger charge is -1.79. The van der Waals surface area contributed by atoms with Crippen molar-refractivity contribution in [2.75, 3.05) is 0 Å². The number of hydrogen-bond donors (Lipinski definition) is 0. The highest BCUT2D eigenvalue weighted by atomic mass is 16.3. The highest BCUT2D eigenvalue weighted by molar-refractivity contribution is 5.71. The lowest BCUT2D eigenvalue weighted by atomic mass is 10.3. The Balaban J connectivity index is 0.000000124. The number of nitrogens with zero attached hydrogens (tertiary/aromatic N) is 4. The van der Waals surface area contributed by atoms with E-state index in [0.29, 0.717) is 0 Å². The van der Waals surface area contributed by atoms with Gasteiger partial charge in [0.05, 0.1) is 6.20 Å². The molecule has 0 aliphatic heterocycles. The first-order valence-corrected chi connectivity index (χ1v) is 4.32. The molecule has 0 spiro atoms. The van der Waals surface area contributed by atoms with Crippen LogP contribution in [0.3, 0.4) is 0 Å². The van der Waals surface area contributed by atoms with Crippen LogP contribution < -0.4 is 0 Å². The molecule has 5 heteroatoms.